The van der Waals surface area contributed by atoms with Gasteiger partial charge in [-0.3, -0.25) is 10.1 Å². The molecule has 2 rings (SSSR count). The van der Waals surface area contributed by atoms with Crippen LogP contribution in [0, 0.1) is 10.1 Å². The number of nitro groups is 1. The number of halogens is 3. The minimum Gasteiger partial charge on any atom is -0.458 e. The van der Waals surface area contributed by atoms with Crippen molar-refractivity contribution in [3.05, 3.63) is 81.4 Å². The number of nitro benzene ring substituents is 1. The SMILES string of the molecule is O=C(/C=C/c1ccc([N+](=O)[O-])cc1)OCc1ccccc1C(F)(F)F. The highest BCUT2D eigenvalue weighted by atomic mass is 19.4. The minimum atomic E-state index is -4.53. The van der Waals surface area contributed by atoms with Crippen molar-refractivity contribution >= 4 is 17.7 Å². The number of carbonyl (C=O) groups is 1. The van der Waals surface area contributed by atoms with Crippen LogP contribution in [0.1, 0.15) is 16.7 Å². The molecule has 0 bridgehead atoms. The number of nitrogens with zero attached hydrogens (tertiary/aromatic N) is 1. The van der Waals surface area contributed by atoms with E-state index in [9.17, 15) is 28.1 Å². The summed E-state index contributed by atoms with van der Waals surface area (Å²) in [4.78, 5) is 21.6. The standard InChI is InChI=1S/C17H12F3NO4/c18-17(19,20)15-4-2-1-3-13(15)11-25-16(22)10-7-12-5-8-14(9-6-12)21(23)24/h1-10H,11H2/b10-7+. The lowest BCUT2D eigenvalue weighted by Gasteiger charge is -2.12. The maximum Gasteiger partial charge on any atom is 0.416 e. The highest BCUT2D eigenvalue weighted by Crippen LogP contribution is 2.32. The van der Waals surface area contributed by atoms with Gasteiger partial charge in [-0.15, -0.1) is 0 Å². The molecule has 0 saturated carbocycles. The Balaban J connectivity index is 1.98. The molecule has 0 atom stereocenters. The Bertz CT molecular complexity index is 798. The first-order valence-corrected chi connectivity index (χ1v) is 7.02. The van der Waals surface area contributed by atoms with Gasteiger partial charge in [-0.05, 0) is 29.8 Å². The number of rotatable bonds is 5. The average molecular weight is 351 g/mol. The molecule has 0 heterocycles. The van der Waals surface area contributed by atoms with Crippen molar-refractivity contribution in [3.8, 4) is 0 Å². The Morgan fingerprint density at radius 1 is 1.12 bits per heavy atom. The molecule has 25 heavy (non-hydrogen) atoms. The summed E-state index contributed by atoms with van der Waals surface area (Å²) in [5.41, 5.74) is -0.587. The first kappa shape index (κ1) is 18.2. The predicted molar refractivity (Wildman–Crippen MR) is 83.4 cm³/mol. The number of ether oxygens (including phenoxy) is 1. The number of hydrogen-bond acceptors (Lipinski definition) is 4. The lowest BCUT2D eigenvalue weighted by atomic mass is 10.1. The third kappa shape index (κ3) is 5.17. The van der Waals surface area contributed by atoms with E-state index in [-0.39, 0.29) is 11.3 Å². The van der Waals surface area contributed by atoms with Gasteiger partial charge in [-0.1, -0.05) is 18.2 Å². The van der Waals surface area contributed by atoms with E-state index in [1.165, 1.54) is 48.5 Å². The van der Waals surface area contributed by atoms with Gasteiger partial charge in [0.05, 0.1) is 10.5 Å². The van der Waals surface area contributed by atoms with Crippen molar-refractivity contribution in [2.24, 2.45) is 0 Å². The van der Waals surface area contributed by atoms with E-state index in [0.717, 1.165) is 12.1 Å². The first-order chi connectivity index (χ1) is 11.8. The molecule has 0 spiro atoms. The maximum atomic E-state index is 12.8. The zero-order valence-electron chi connectivity index (χ0n) is 12.7. The molecule has 0 aliphatic heterocycles. The summed E-state index contributed by atoms with van der Waals surface area (Å²) in [5, 5.41) is 10.5. The van der Waals surface area contributed by atoms with Crippen LogP contribution in [0.2, 0.25) is 0 Å². The van der Waals surface area contributed by atoms with Crippen LogP contribution >= 0.6 is 0 Å². The fourth-order valence-electron chi connectivity index (χ4n) is 1.99. The summed E-state index contributed by atoms with van der Waals surface area (Å²) in [6.07, 6.45) is -2.14. The third-order valence-electron chi connectivity index (χ3n) is 3.21. The van der Waals surface area contributed by atoms with Crippen LogP contribution in [0.15, 0.2) is 54.6 Å². The molecule has 0 N–H and O–H groups in total. The number of esters is 1. The van der Waals surface area contributed by atoms with E-state index in [1.807, 2.05) is 0 Å². The number of alkyl halides is 3. The first-order valence-electron chi connectivity index (χ1n) is 7.02. The predicted octanol–water partition coefficient (Wildman–Crippen LogP) is 4.37. The molecule has 2 aromatic carbocycles. The quantitative estimate of drug-likeness (QED) is 0.347. The summed E-state index contributed by atoms with van der Waals surface area (Å²) in [7, 11) is 0. The molecule has 0 radical (unpaired) electrons. The van der Waals surface area contributed by atoms with Crippen LogP contribution in [0.4, 0.5) is 18.9 Å². The number of benzene rings is 2. The summed E-state index contributed by atoms with van der Waals surface area (Å²) in [6.45, 7) is -0.515. The Hall–Kier alpha value is -3.16. The molecule has 0 unspecified atom stereocenters. The highest BCUT2D eigenvalue weighted by molar-refractivity contribution is 5.87. The maximum absolute atomic E-state index is 12.8. The molecule has 0 aliphatic rings. The van der Waals surface area contributed by atoms with E-state index in [0.29, 0.717) is 5.56 Å². The Morgan fingerprint density at radius 2 is 1.76 bits per heavy atom. The van der Waals surface area contributed by atoms with Gasteiger partial charge in [0.25, 0.3) is 5.69 Å². The van der Waals surface area contributed by atoms with Gasteiger partial charge < -0.3 is 4.74 Å². The van der Waals surface area contributed by atoms with E-state index < -0.39 is 29.2 Å². The second-order valence-electron chi connectivity index (χ2n) is 4.94. The van der Waals surface area contributed by atoms with Crippen LogP contribution in [0.3, 0.4) is 0 Å². The average Bonchev–Trinajstić information content (AvgIpc) is 2.58. The largest absolute Gasteiger partial charge is 0.458 e. The topological polar surface area (TPSA) is 69.4 Å². The molecule has 2 aromatic rings. The van der Waals surface area contributed by atoms with Crippen molar-refractivity contribution in [2.45, 2.75) is 12.8 Å². The third-order valence-corrected chi connectivity index (χ3v) is 3.21. The van der Waals surface area contributed by atoms with Crippen LogP contribution < -0.4 is 0 Å². The molecular formula is C17H12F3NO4. The zero-order valence-corrected chi connectivity index (χ0v) is 12.7. The van der Waals surface area contributed by atoms with Crippen LogP contribution in [0.25, 0.3) is 6.08 Å². The van der Waals surface area contributed by atoms with Gasteiger partial charge in [0.1, 0.15) is 6.61 Å². The molecule has 8 heteroatoms. The smallest absolute Gasteiger partial charge is 0.416 e. The summed E-state index contributed by atoms with van der Waals surface area (Å²) in [6, 6.07) is 10.2. The van der Waals surface area contributed by atoms with Gasteiger partial charge in [0.2, 0.25) is 0 Å². The van der Waals surface area contributed by atoms with Crippen molar-refractivity contribution in [1.29, 1.82) is 0 Å². The molecule has 130 valence electrons. The van der Waals surface area contributed by atoms with Gasteiger partial charge in [0.15, 0.2) is 0 Å². The lowest BCUT2D eigenvalue weighted by molar-refractivity contribution is -0.384. The molecule has 5 nitrogen and oxygen atoms in total. The molecule has 0 fully saturated rings. The summed E-state index contributed by atoms with van der Waals surface area (Å²) in [5.74, 6) is -0.824. The van der Waals surface area contributed by atoms with E-state index in [4.69, 9.17) is 4.74 Å². The van der Waals surface area contributed by atoms with E-state index >= 15 is 0 Å². The molecular weight excluding hydrogens is 339 g/mol. The molecule has 0 aliphatic carbocycles. The summed E-state index contributed by atoms with van der Waals surface area (Å²) < 4.78 is 43.3. The second kappa shape index (κ2) is 7.61. The number of hydrogen-bond donors (Lipinski definition) is 0. The normalized spacial score (nSPS) is 11.5. The molecule has 0 saturated heterocycles. The van der Waals surface area contributed by atoms with Gasteiger partial charge >= 0.3 is 12.1 Å². The number of non-ortho nitro benzene ring substituents is 1. The fraction of sp³-hybridized carbons (Fsp3) is 0.118. The second-order valence-corrected chi connectivity index (χ2v) is 4.94. The fourth-order valence-corrected chi connectivity index (χ4v) is 1.99. The summed E-state index contributed by atoms with van der Waals surface area (Å²) >= 11 is 0. The monoisotopic (exact) mass is 351 g/mol. The van der Waals surface area contributed by atoms with Crippen LogP contribution in [0.5, 0.6) is 0 Å². The van der Waals surface area contributed by atoms with Crippen LogP contribution in [-0.2, 0) is 22.3 Å². The zero-order chi connectivity index (χ0) is 18.4. The van der Waals surface area contributed by atoms with Gasteiger partial charge in [0, 0.05) is 23.8 Å². The van der Waals surface area contributed by atoms with E-state index in [2.05, 4.69) is 0 Å². The highest BCUT2D eigenvalue weighted by Gasteiger charge is 2.33. The lowest BCUT2D eigenvalue weighted by Crippen LogP contribution is -2.11. The van der Waals surface area contributed by atoms with Crippen molar-refractivity contribution < 1.29 is 27.6 Å². The Morgan fingerprint density at radius 3 is 2.36 bits per heavy atom. The van der Waals surface area contributed by atoms with Crippen molar-refractivity contribution in [2.75, 3.05) is 0 Å². The molecule has 0 amide bonds. The van der Waals surface area contributed by atoms with Crippen molar-refractivity contribution in [1.82, 2.24) is 0 Å². The van der Waals surface area contributed by atoms with Crippen LogP contribution in [-0.4, -0.2) is 10.9 Å². The van der Waals surface area contributed by atoms with Gasteiger partial charge in [-0.25, -0.2) is 4.79 Å². The van der Waals surface area contributed by atoms with Gasteiger partial charge in [-0.2, -0.15) is 13.2 Å². The van der Waals surface area contributed by atoms with Crippen molar-refractivity contribution in [3.63, 3.8) is 0 Å². The Kier molecular flexibility index (Phi) is 5.53. The minimum absolute atomic E-state index is 0.0940. The van der Waals surface area contributed by atoms with E-state index in [1.54, 1.807) is 0 Å². The molecule has 0 aromatic heterocycles. The Labute approximate surface area is 140 Å². The number of carbonyl (C=O) groups excluding carboxylic acids is 1.